The fourth-order valence-electron chi connectivity index (χ4n) is 2.18. The van der Waals surface area contributed by atoms with Gasteiger partial charge >= 0.3 is 0 Å². The first-order chi connectivity index (χ1) is 11.1. The van der Waals surface area contributed by atoms with Gasteiger partial charge < -0.3 is 10.1 Å². The number of hydrogen-bond acceptors (Lipinski definition) is 4. The molecule has 0 aliphatic carbocycles. The van der Waals surface area contributed by atoms with Crippen LogP contribution in [0.15, 0.2) is 42.6 Å². The highest BCUT2D eigenvalue weighted by molar-refractivity contribution is 6.31. The number of aromatic nitrogens is 2. The van der Waals surface area contributed by atoms with Crippen LogP contribution in [-0.2, 0) is 0 Å². The summed E-state index contributed by atoms with van der Waals surface area (Å²) in [6.45, 7) is 1.85. The summed E-state index contributed by atoms with van der Waals surface area (Å²) in [5.41, 5.74) is 3.02. The summed E-state index contributed by atoms with van der Waals surface area (Å²) in [5, 5.41) is 3.36. The lowest BCUT2D eigenvalue weighted by molar-refractivity contribution is 0.102. The summed E-state index contributed by atoms with van der Waals surface area (Å²) in [7, 11) is 1.52. The van der Waals surface area contributed by atoms with Crippen molar-refractivity contribution < 1.29 is 9.53 Å². The molecule has 0 unspecified atom stereocenters. The first-order valence-corrected chi connectivity index (χ1v) is 7.33. The van der Waals surface area contributed by atoms with Crippen molar-refractivity contribution in [3.8, 4) is 5.75 Å². The van der Waals surface area contributed by atoms with Gasteiger partial charge in [0.2, 0.25) is 0 Å². The Kier molecular flexibility index (Phi) is 4.12. The Labute approximate surface area is 138 Å². The molecule has 3 rings (SSSR count). The number of anilines is 1. The normalized spacial score (nSPS) is 10.6. The number of nitrogens with one attached hydrogen (secondary N) is 1. The molecule has 3 aromatic rings. The predicted octanol–water partition coefficient (Wildman–Crippen LogP) is 3.85. The number of nitrogens with zero attached hydrogens (tertiary/aromatic N) is 2. The van der Waals surface area contributed by atoms with Crippen LogP contribution in [-0.4, -0.2) is 23.0 Å². The quantitative estimate of drug-likeness (QED) is 0.793. The van der Waals surface area contributed by atoms with Crippen LogP contribution >= 0.6 is 11.6 Å². The number of para-hydroxylation sites is 2. The van der Waals surface area contributed by atoms with Crippen molar-refractivity contribution in [1.29, 1.82) is 0 Å². The zero-order valence-corrected chi connectivity index (χ0v) is 13.4. The molecule has 0 radical (unpaired) electrons. The Bertz CT molecular complexity index is 896. The predicted molar refractivity (Wildman–Crippen MR) is 90.2 cm³/mol. The molecule has 1 amide bonds. The van der Waals surface area contributed by atoms with E-state index < -0.39 is 0 Å². The molecule has 0 atom stereocenters. The van der Waals surface area contributed by atoms with E-state index in [0.717, 1.165) is 11.1 Å². The summed E-state index contributed by atoms with van der Waals surface area (Å²) in [5.74, 6) is 0.131. The van der Waals surface area contributed by atoms with Gasteiger partial charge in [-0.2, -0.15) is 0 Å². The first kappa shape index (κ1) is 15.2. The fourth-order valence-corrected chi connectivity index (χ4v) is 2.34. The minimum Gasteiger partial charge on any atom is -0.495 e. The Morgan fingerprint density at radius 1 is 1.22 bits per heavy atom. The Morgan fingerprint density at radius 3 is 2.70 bits per heavy atom. The van der Waals surface area contributed by atoms with Crippen LogP contribution in [0, 0.1) is 6.92 Å². The van der Waals surface area contributed by atoms with Gasteiger partial charge in [0.15, 0.2) is 0 Å². The number of carbonyl (C=O) groups excluding carboxylic acids is 1. The topological polar surface area (TPSA) is 64.1 Å². The van der Waals surface area contributed by atoms with E-state index in [1.165, 1.54) is 13.3 Å². The molecule has 2 aromatic carbocycles. The van der Waals surface area contributed by atoms with E-state index in [0.29, 0.717) is 22.0 Å². The molecule has 5 nitrogen and oxygen atoms in total. The molecule has 0 saturated carbocycles. The van der Waals surface area contributed by atoms with Crippen LogP contribution in [0.25, 0.3) is 11.0 Å². The smallest absolute Gasteiger partial charge is 0.275 e. The van der Waals surface area contributed by atoms with Crippen molar-refractivity contribution in [3.63, 3.8) is 0 Å². The van der Waals surface area contributed by atoms with E-state index in [2.05, 4.69) is 15.3 Å². The Hall–Kier alpha value is -2.66. The number of hydrogen-bond donors (Lipinski definition) is 1. The second-order valence-corrected chi connectivity index (χ2v) is 5.41. The van der Waals surface area contributed by atoms with Crippen molar-refractivity contribution in [2.45, 2.75) is 6.92 Å². The number of halogens is 1. The molecule has 0 aliphatic heterocycles. The molecular weight excluding hydrogens is 314 g/mol. The van der Waals surface area contributed by atoms with Gasteiger partial charge in [-0.1, -0.05) is 23.7 Å². The zero-order chi connectivity index (χ0) is 16.4. The van der Waals surface area contributed by atoms with E-state index >= 15 is 0 Å². The van der Waals surface area contributed by atoms with Crippen LogP contribution in [0.3, 0.4) is 0 Å². The largest absolute Gasteiger partial charge is 0.495 e. The lowest BCUT2D eigenvalue weighted by Crippen LogP contribution is -2.15. The number of ether oxygens (including phenoxy) is 1. The minimum absolute atomic E-state index is 0.235. The number of aryl methyl sites for hydroxylation is 1. The number of amides is 1. The highest BCUT2D eigenvalue weighted by Crippen LogP contribution is 2.31. The molecule has 23 heavy (non-hydrogen) atoms. The average Bonchev–Trinajstić information content (AvgIpc) is 2.57. The van der Waals surface area contributed by atoms with Gasteiger partial charge in [0.25, 0.3) is 5.91 Å². The maximum absolute atomic E-state index is 12.4. The van der Waals surface area contributed by atoms with Gasteiger partial charge in [-0.3, -0.25) is 9.78 Å². The maximum atomic E-state index is 12.4. The Morgan fingerprint density at radius 2 is 1.96 bits per heavy atom. The lowest BCUT2D eigenvalue weighted by atomic mass is 10.2. The molecule has 1 aromatic heterocycles. The molecule has 0 bridgehead atoms. The van der Waals surface area contributed by atoms with Crippen LogP contribution in [0.5, 0.6) is 5.75 Å². The molecule has 0 spiro atoms. The third-order valence-electron chi connectivity index (χ3n) is 3.41. The van der Waals surface area contributed by atoms with Crippen molar-refractivity contribution in [3.05, 3.63) is 58.9 Å². The minimum atomic E-state index is -0.358. The molecule has 0 saturated heterocycles. The second kappa shape index (κ2) is 6.22. The van der Waals surface area contributed by atoms with Gasteiger partial charge in [0.05, 0.1) is 30.0 Å². The summed E-state index contributed by atoms with van der Waals surface area (Å²) >= 11 is 6.07. The Balaban J connectivity index is 1.93. The van der Waals surface area contributed by atoms with Crippen LogP contribution < -0.4 is 10.1 Å². The average molecular weight is 328 g/mol. The molecule has 0 fully saturated rings. The van der Waals surface area contributed by atoms with Gasteiger partial charge in [-0.05, 0) is 30.7 Å². The molecule has 0 aliphatic rings. The van der Waals surface area contributed by atoms with E-state index in [4.69, 9.17) is 16.3 Å². The molecule has 6 heteroatoms. The second-order valence-electron chi connectivity index (χ2n) is 5.00. The number of methoxy groups -OCH3 is 1. The fraction of sp³-hybridized carbons (Fsp3) is 0.118. The monoisotopic (exact) mass is 327 g/mol. The van der Waals surface area contributed by atoms with Gasteiger partial charge in [-0.15, -0.1) is 0 Å². The van der Waals surface area contributed by atoms with Crippen molar-refractivity contribution in [1.82, 2.24) is 9.97 Å². The third-order valence-corrected chi connectivity index (χ3v) is 3.82. The molecular formula is C17H14ClN3O2. The highest BCUT2D eigenvalue weighted by Gasteiger charge is 2.13. The number of benzene rings is 2. The zero-order valence-electron chi connectivity index (χ0n) is 12.6. The summed E-state index contributed by atoms with van der Waals surface area (Å²) in [4.78, 5) is 21.0. The lowest BCUT2D eigenvalue weighted by Gasteiger charge is -2.12. The summed E-state index contributed by atoms with van der Waals surface area (Å²) < 4.78 is 5.25. The van der Waals surface area contributed by atoms with Crippen LogP contribution in [0.4, 0.5) is 5.69 Å². The van der Waals surface area contributed by atoms with E-state index in [1.807, 2.05) is 31.2 Å². The third kappa shape index (κ3) is 3.10. The summed E-state index contributed by atoms with van der Waals surface area (Å²) in [6.07, 6.45) is 1.45. The summed E-state index contributed by atoms with van der Waals surface area (Å²) in [6, 6.07) is 10.8. The highest BCUT2D eigenvalue weighted by atomic mass is 35.5. The maximum Gasteiger partial charge on any atom is 0.275 e. The van der Waals surface area contributed by atoms with E-state index in [-0.39, 0.29) is 11.6 Å². The molecule has 116 valence electrons. The first-order valence-electron chi connectivity index (χ1n) is 6.96. The SMILES string of the molecule is COc1cc(Cl)c(C)cc1NC(=O)c1cnc2ccccc2n1. The van der Waals surface area contributed by atoms with E-state index in [9.17, 15) is 4.79 Å². The molecule has 1 heterocycles. The van der Waals surface area contributed by atoms with Gasteiger partial charge in [0, 0.05) is 11.1 Å². The van der Waals surface area contributed by atoms with Crippen LogP contribution in [0.2, 0.25) is 5.02 Å². The van der Waals surface area contributed by atoms with Crippen molar-refractivity contribution in [2.75, 3.05) is 12.4 Å². The van der Waals surface area contributed by atoms with Crippen LogP contribution in [0.1, 0.15) is 16.1 Å². The van der Waals surface area contributed by atoms with Gasteiger partial charge in [0.1, 0.15) is 11.4 Å². The van der Waals surface area contributed by atoms with Gasteiger partial charge in [-0.25, -0.2) is 4.98 Å². The number of carbonyl (C=O) groups is 1. The van der Waals surface area contributed by atoms with E-state index in [1.54, 1.807) is 12.1 Å². The standard InChI is InChI=1S/C17H14ClN3O2/c1-10-7-14(16(23-2)8-11(10)18)21-17(22)15-9-19-12-5-3-4-6-13(12)20-15/h3-9H,1-2H3,(H,21,22). The van der Waals surface area contributed by atoms with Crippen molar-refractivity contribution >= 4 is 34.2 Å². The number of fused-ring (bicyclic) bond motifs is 1. The van der Waals surface area contributed by atoms with Crippen molar-refractivity contribution in [2.24, 2.45) is 0 Å². The number of rotatable bonds is 3. The molecule has 1 N–H and O–H groups in total.